The molecule has 1 saturated carbocycles. The predicted molar refractivity (Wildman–Crippen MR) is 83.1 cm³/mol. The van der Waals surface area contributed by atoms with E-state index in [4.69, 9.17) is 0 Å². The molecular formula is C13H18INO2S. The number of anilines is 1. The molecule has 5 heteroatoms. The summed E-state index contributed by atoms with van der Waals surface area (Å²) in [4.78, 5) is 0. The standard InChI is InChI=1S/C13H18INO2S/c14-12-7-4-8-13(9-12)15-18(16,17)10-11-5-2-1-3-6-11/h4,7-9,11,15H,1-3,5-6,10H2. The van der Waals surface area contributed by atoms with Crippen LogP contribution in [-0.2, 0) is 10.0 Å². The van der Waals surface area contributed by atoms with Crippen molar-refractivity contribution in [1.82, 2.24) is 0 Å². The Hall–Kier alpha value is -0.300. The van der Waals surface area contributed by atoms with Crippen LogP contribution in [0.25, 0.3) is 0 Å². The van der Waals surface area contributed by atoms with Gasteiger partial charge < -0.3 is 0 Å². The highest BCUT2D eigenvalue weighted by atomic mass is 127. The van der Waals surface area contributed by atoms with Gasteiger partial charge in [0, 0.05) is 9.26 Å². The summed E-state index contributed by atoms with van der Waals surface area (Å²) in [6.07, 6.45) is 5.69. The van der Waals surface area contributed by atoms with E-state index in [9.17, 15) is 8.42 Å². The summed E-state index contributed by atoms with van der Waals surface area (Å²) in [7, 11) is -3.20. The number of halogens is 1. The highest BCUT2D eigenvalue weighted by Crippen LogP contribution is 2.25. The van der Waals surface area contributed by atoms with E-state index >= 15 is 0 Å². The first kappa shape index (κ1) is 14.1. The summed E-state index contributed by atoms with van der Waals surface area (Å²) in [5, 5.41) is 0. The highest BCUT2D eigenvalue weighted by Gasteiger charge is 2.21. The van der Waals surface area contributed by atoms with E-state index in [-0.39, 0.29) is 5.75 Å². The molecule has 2 rings (SSSR count). The summed E-state index contributed by atoms with van der Waals surface area (Å²) in [6, 6.07) is 7.44. The molecule has 1 N–H and O–H groups in total. The van der Waals surface area contributed by atoms with Gasteiger partial charge in [0.2, 0.25) is 10.0 Å². The van der Waals surface area contributed by atoms with Gasteiger partial charge in [-0.25, -0.2) is 8.42 Å². The Balaban J connectivity index is 1.98. The Kier molecular flexibility index (Phi) is 4.89. The topological polar surface area (TPSA) is 46.2 Å². The zero-order valence-corrected chi connectivity index (χ0v) is 13.2. The van der Waals surface area contributed by atoms with Gasteiger partial charge in [-0.15, -0.1) is 0 Å². The molecule has 100 valence electrons. The van der Waals surface area contributed by atoms with Crippen molar-refractivity contribution in [2.24, 2.45) is 5.92 Å². The Bertz CT molecular complexity index is 495. The molecule has 0 aromatic heterocycles. The van der Waals surface area contributed by atoms with Crippen molar-refractivity contribution in [3.05, 3.63) is 27.8 Å². The van der Waals surface area contributed by atoms with Gasteiger partial charge >= 0.3 is 0 Å². The molecule has 1 aromatic rings. The molecule has 0 aliphatic heterocycles. The van der Waals surface area contributed by atoms with Crippen LogP contribution >= 0.6 is 22.6 Å². The molecule has 0 heterocycles. The minimum Gasteiger partial charge on any atom is -0.284 e. The lowest BCUT2D eigenvalue weighted by Gasteiger charge is -2.21. The third-order valence-corrected chi connectivity index (χ3v) is 5.41. The molecule has 0 unspecified atom stereocenters. The Morgan fingerprint density at radius 3 is 2.61 bits per heavy atom. The number of nitrogens with one attached hydrogen (secondary N) is 1. The van der Waals surface area contributed by atoms with E-state index in [1.807, 2.05) is 18.2 Å². The number of benzene rings is 1. The molecule has 0 amide bonds. The van der Waals surface area contributed by atoms with Crippen molar-refractivity contribution in [2.45, 2.75) is 32.1 Å². The maximum absolute atomic E-state index is 12.1. The lowest BCUT2D eigenvalue weighted by molar-refractivity contribution is 0.385. The minimum atomic E-state index is -3.20. The van der Waals surface area contributed by atoms with E-state index in [1.165, 1.54) is 19.3 Å². The second-order valence-corrected chi connectivity index (χ2v) is 7.91. The van der Waals surface area contributed by atoms with Crippen LogP contribution in [-0.4, -0.2) is 14.2 Å². The lowest BCUT2D eigenvalue weighted by atomic mass is 9.91. The average Bonchev–Trinajstić information content (AvgIpc) is 2.28. The van der Waals surface area contributed by atoms with Crippen molar-refractivity contribution in [2.75, 3.05) is 10.5 Å². The Morgan fingerprint density at radius 1 is 1.22 bits per heavy atom. The maximum Gasteiger partial charge on any atom is 0.232 e. The first-order valence-electron chi connectivity index (χ1n) is 6.31. The van der Waals surface area contributed by atoms with Crippen LogP contribution in [0.4, 0.5) is 5.69 Å². The molecule has 1 aliphatic carbocycles. The summed E-state index contributed by atoms with van der Waals surface area (Å²) in [5.41, 5.74) is 0.665. The summed E-state index contributed by atoms with van der Waals surface area (Å²) in [5.74, 6) is 0.595. The van der Waals surface area contributed by atoms with Crippen molar-refractivity contribution in [1.29, 1.82) is 0 Å². The molecule has 0 saturated heterocycles. The van der Waals surface area contributed by atoms with E-state index in [2.05, 4.69) is 27.3 Å². The van der Waals surface area contributed by atoms with Gasteiger partial charge in [0.1, 0.15) is 0 Å². The van der Waals surface area contributed by atoms with Crippen molar-refractivity contribution < 1.29 is 8.42 Å². The van der Waals surface area contributed by atoms with E-state index in [0.717, 1.165) is 16.4 Å². The molecule has 1 aliphatic rings. The zero-order chi connectivity index (χ0) is 13.0. The second kappa shape index (κ2) is 6.23. The number of hydrogen-bond acceptors (Lipinski definition) is 2. The maximum atomic E-state index is 12.1. The molecule has 1 aromatic carbocycles. The van der Waals surface area contributed by atoms with Gasteiger partial charge in [0.25, 0.3) is 0 Å². The molecular weight excluding hydrogens is 361 g/mol. The van der Waals surface area contributed by atoms with Crippen LogP contribution < -0.4 is 4.72 Å². The Labute approximate surface area is 123 Å². The van der Waals surface area contributed by atoms with Crippen LogP contribution in [0.2, 0.25) is 0 Å². The van der Waals surface area contributed by atoms with Crippen LogP contribution in [0.3, 0.4) is 0 Å². The van der Waals surface area contributed by atoms with Gasteiger partial charge in [0.05, 0.1) is 5.75 Å². The predicted octanol–water partition coefficient (Wildman–Crippen LogP) is 3.61. The van der Waals surface area contributed by atoms with Gasteiger partial charge in [-0.3, -0.25) is 4.72 Å². The largest absolute Gasteiger partial charge is 0.284 e. The third-order valence-electron chi connectivity index (χ3n) is 3.28. The summed E-state index contributed by atoms with van der Waals surface area (Å²) >= 11 is 2.18. The third kappa shape index (κ3) is 4.42. The van der Waals surface area contributed by atoms with Gasteiger partial charge in [0.15, 0.2) is 0 Å². The average molecular weight is 379 g/mol. The number of rotatable bonds is 4. The van der Waals surface area contributed by atoms with Gasteiger partial charge in [-0.1, -0.05) is 25.3 Å². The summed E-state index contributed by atoms with van der Waals surface area (Å²) < 4.78 is 27.8. The lowest BCUT2D eigenvalue weighted by Crippen LogP contribution is -2.24. The first-order chi connectivity index (χ1) is 8.55. The molecule has 1 fully saturated rings. The fourth-order valence-electron chi connectivity index (χ4n) is 2.44. The van der Waals surface area contributed by atoms with E-state index in [0.29, 0.717) is 11.6 Å². The Morgan fingerprint density at radius 2 is 1.94 bits per heavy atom. The van der Waals surface area contributed by atoms with Crippen LogP contribution in [0.5, 0.6) is 0 Å². The quantitative estimate of drug-likeness (QED) is 0.813. The van der Waals surface area contributed by atoms with Crippen molar-refractivity contribution >= 4 is 38.3 Å². The SMILES string of the molecule is O=S(=O)(CC1CCCCC1)Nc1cccc(I)c1. The first-order valence-corrected chi connectivity index (χ1v) is 9.04. The smallest absolute Gasteiger partial charge is 0.232 e. The highest BCUT2D eigenvalue weighted by molar-refractivity contribution is 14.1. The summed E-state index contributed by atoms with van der Waals surface area (Å²) in [6.45, 7) is 0. The molecule has 0 atom stereocenters. The number of sulfonamides is 1. The van der Waals surface area contributed by atoms with Crippen LogP contribution in [0, 0.1) is 9.49 Å². The monoisotopic (exact) mass is 379 g/mol. The fraction of sp³-hybridized carbons (Fsp3) is 0.538. The normalized spacial score (nSPS) is 17.6. The molecule has 18 heavy (non-hydrogen) atoms. The van der Waals surface area contributed by atoms with Crippen molar-refractivity contribution in [3.63, 3.8) is 0 Å². The van der Waals surface area contributed by atoms with E-state index in [1.54, 1.807) is 6.07 Å². The van der Waals surface area contributed by atoms with E-state index < -0.39 is 10.0 Å². The zero-order valence-electron chi connectivity index (χ0n) is 10.2. The van der Waals surface area contributed by atoms with Crippen LogP contribution in [0.1, 0.15) is 32.1 Å². The molecule has 0 radical (unpaired) electrons. The second-order valence-electron chi connectivity index (χ2n) is 4.90. The molecule has 0 spiro atoms. The van der Waals surface area contributed by atoms with Crippen molar-refractivity contribution in [3.8, 4) is 0 Å². The number of hydrogen-bond donors (Lipinski definition) is 1. The molecule has 0 bridgehead atoms. The van der Waals surface area contributed by atoms with Gasteiger partial charge in [-0.05, 0) is 59.5 Å². The minimum absolute atomic E-state index is 0.262. The van der Waals surface area contributed by atoms with Gasteiger partial charge in [-0.2, -0.15) is 0 Å². The fourth-order valence-corrected chi connectivity index (χ4v) is 4.50. The molecule has 3 nitrogen and oxygen atoms in total. The van der Waals surface area contributed by atoms with Crippen LogP contribution in [0.15, 0.2) is 24.3 Å².